The first-order valence-corrected chi connectivity index (χ1v) is 12.1. The molecular weight excluding hydrogens is 444 g/mol. The molecule has 0 fully saturated rings. The van der Waals surface area contributed by atoms with Crippen molar-refractivity contribution in [1.82, 2.24) is 21.3 Å². The van der Waals surface area contributed by atoms with Crippen molar-refractivity contribution in [1.29, 1.82) is 0 Å². The van der Waals surface area contributed by atoms with E-state index in [0.29, 0.717) is 19.6 Å². The Morgan fingerprint density at radius 2 is 1.94 bits per heavy atom. The van der Waals surface area contributed by atoms with Crippen molar-refractivity contribution in [3.63, 3.8) is 0 Å². The summed E-state index contributed by atoms with van der Waals surface area (Å²) >= 11 is -1.78. The topological polar surface area (TPSA) is 170 Å². The van der Waals surface area contributed by atoms with Crippen molar-refractivity contribution >= 4 is 28.8 Å². The highest BCUT2D eigenvalue weighted by molar-refractivity contribution is 7.79. The maximum atomic E-state index is 12.6. The second-order valence-corrected chi connectivity index (χ2v) is 8.78. The van der Waals surface area contributed by atoms with Crippen LogP contribution in [-0.2, 0) is 17.6 Å². The molecule has 9 N–H and O–H groups in total. The first-order valence-electron chi connectivity index (χ1n) is 10.8. The summed E-state index contributed by atoms with van der Waals surface area (Å²) in [6.45, 7) is 3.28. The molecule has 2 aliphatic heterocycles. The van der Waals surface area contributed by atoms with Crippen LogP contribution in [0.4, 0.5) is 10.5 Å². The normalized spacial score (nSPS) is 18.0. The Labute approximate surface area is 196 Å². The second kappa shape index (κ2) is 12.3. The Hall–Kier alpha value is -2.93. The number of carbonyl (C=O) groups is 1. The zero-order valence-electron chi connectivity index (χ0n) is 18.4. The van der Waals surface area contributed by atoms with Crippen LogP contribution in [0.15, 0.2) is 52.8 Å². The van der Waals surface area contributed by atoms with Crippen LogP contribution >= 0.6 is 0 Å². The van der Waals surface area contributed by atoms with E-state index >= 15 is 0 Å². The first-order chi connectivity index (χ1) is 15.9. The van der Waals surface area contributed by atoms with Gasteiger partial charge in [0.1, 0.15) is 6.17 Å². The Balaban J connectivity index is 1.49. The molecule has 2 heterocycles. The molecule has 2 atom stereocenters. The second-order valence-electron chi connectivity index (χ2n) is 7.72. The van der Waals surface area contributed by atoms with Crippen LogP contribution < -0.4 is 37.6 Å². The molecule has 0 saturated heterocycles. The number of fused-ring (bicyclic) bond motifs is 1. The average Bonchev–Trinajstić information content (AvgIpc) is 3.17. The van der Waals surface area contributed by atoms with Crippen LogP contribution in [0, 0.1) is 0 Å². The van der Waals surface area contributed by atoms with Gasteiger partial charge in [0.25, 0.3) is 0 Å². The largest absolute Gasteiger partial charge is 0.370 e. The molecule has 11 nitrogen and oxygen atoms in total. The molecule has 1 aromatic rings. The van der Waals surface area contributed by atoms with E-state index in [-0.39, 0.29) is 23.9 Å². The highest BCUT2D eigenvalue weighted by Gasteiger charge is 2.30. The van der Waals surface area contributed by atoms with E-state index in [4.69, 9.17) is 16.0 Å². The summed E-state index contributed by atoms with van der Waals surface area (Å²) in [5.74, 6) is 0.319. The lowest BCUT2D eigenvalue weighted by atomic mass is 10.1. The molecule has 0 aliphatic carbocycles. The van der Waals surface area contributed by atoms with E-state index in [1.807, 2.05) is 36.5 Å². The van der Waals surface area contributed by atoms with E-state index in [1.165, 1.54) is 0 Å². The van der Waals surface area contributed by atoms with Crippen molar-refractivity contribution in [3.05, 3.63) is 53.4 Å². The fraction of sp³-hybridized carbons (Fsp3) is 0.429. The fourth-order valence-corrected chi connectivity index (χ4v) is 3.81. The molecule has 1 aromatic carbocycles. The maximum absolute atomic E-state index is 12.6. The SMILES string of the molecule is NC(N)=NCCCNCc1ccc(N2C=C3C=C(CCNCCS(=O)O)NC3NC2=O)cc1. The maximum Gasteiger partial charge on any atom is 0.327 e. The molecule has 0 radical (unpaired) electrons. The molecule has 2 unspecified atom stereocenters. The summed E-state index contributed by atoms with van der Waals surface area (Å²) in [4.78, 5) is 18.2. The van der Waals surface area contributed by atoms with E-state index in [0.717, 1.165) is 48.5 Å². The van der Waals surface area contributed by atoms with Crippen molar-refractivity contribution in [2.24, 2.45) is 16.5 Å². The van der Waals surface area contributed by atoms with Gasteiger partial charge in [0.2, 0.25) is 0 Å². The van der Waals surface area contributed by atoms with Crippen LogP contribution in [0.2, 0.25) is 0 Å². The van der Waals surface area contributed by atoms with Crippen LogP contribution in [0.25, 0.3) is 0 Å². The minimum atomic E-state index is -1.78. The molecule has 12 heteroatoms. The molecule has 180 valence electrons. The number of guanidine groups is 1. The summed E-state index contributed by atoms with van der Waals surface area (Å²) in [6.07, 6.45) is 5.22. The van der Waals surface area contributed by atoms with Gasteiger partial charge in [-0.15, -0.1) is 0 Å². The van der Waals surface area contributed by atoms with E-state index in [9.17, 15) is 9.00 Å². The van der Waals surface area contributed by atoms with Gasteiger partial charge in [-0.2, -0.15) is 0 Å². The third-order valence-electron chi connectivity index (χ3n) is 5.14. The minimum Gasteiger partial charge on any atom is -0.370 e. The zero-order valence-corrected chi connectivity index (χ0v) is 19.2. The number of nitrogens with one attached hydrogen (secondary N) is 4. The standard InChI is InChI=1S/C21H32N8O3S/c22-20(23)26-8-1-7-25-13-15-2-4-18(5-3-15)29-14-16-12-17(27-19(16)28-21(29)30)6-9-24-10-11-33(31)32/h2-5,12,14,19,24-25,27H,1,6-11,13H2,(H,28,30)(H,31,32)(H4,22,23,26). The fourth-order valence-electron chi connectivity index (χ4n) is 3.49. The number of nitrogens with zero attached hydrogens (tertiary/aromatic N) is 2. The van der Waals surface area contributed by atoms with Gasteiger partial charge in [-0.1, -0.05) is 12.1 Å². The number of hydrogen-bond donors (Lipinski definition) is 7. The summed E-state index contributed by atoms with van der Waals surface area (Å²) < 4.78 is 19.5. The first kappa shape index (κ1) is 24.7. The molecular formula is C21H32N8O3S. The molecule has 2 amide bonds. The summed E-state index contributed by atoms with van der Waals surface area (Å²) in [6, 6.07) is 7.65. The van der Waals surface area contributed by atoms with Crippen molar-refractivity contribution in [3.8, 4) is 0 Å². The Morgan fingerprint density at radius 3 is 2.67 bits per heavy atom. The number of aliphatic imine (C=N–C) groups is 1. The Bertz CT molecular complexity index is 928. The van der Waals surface area contributed by atoms with Gasteiger partial charge in [-0.25, -0.2) is 9.00 Å². The highest BCUT2D eigenvalue weighted by atomic mass is 32.2. The lowest BCUT2D eigenvalue weighted by Gasteiger charge is -2.29. The van der Waals surface area contributed by atoms with E-state index in [1.54, 1.807) is 4.90 Å². The number of amides is 2. The number of benzene rings is 1. The van der Waals surface area contributed by atoms with Gasteiger partial charge in [0, 0.05) is 43.6 Å². The number of hydrogen-bond acceptors (Lipinski definition) is 6. The molecule has 0 saturated carbocycles. The average molecular weight is 477 g/mol. The lowest BCUT2D eigenvalue weighted by Crippen LogP contribution is -2.51. The third-order valence-corrected chi connectivity index (χ3v) is 5.70. The van der Waals surface area contributed by atoms with Crippen LogP contribution in [0.3, 0.4) is 0 Å². The summed E-state index contributed by atoms with van der Waals surface area (Å²) in [5, 5.41) is 12.7. The summed E-state index contributed by atoms with van der Waals surface area (Å²) in [7, 11) is 0. The van der Waals surface area contributed by atoms with Crippen LogP contribution in [0.5, 0.6) is 0 Å². The molecule has 2 aliphatic rings. The molecule has 33 heavy (non-hydrogen) atoms. The lowest BCUT2D eigenvalue weighted by molar-refractivity contribution is 0.243. The van der Waals surface area contributed by atoms with E-state index in [2.05, 4.69) is 26.3 Å². The van der Waals surface area contributed by atoms with Gasteiger partial charge in [-0.3, -0.25) is 9.89 Å². The smallest absolute Gasteiger partial charge is 0.327 e. The molecule has 0 aromatic heterocycles. The molecule has 3 rings (SSSR count). The predicted octanol–water partition coefficient (Wildman–Crippen LogP) is -0.132. The monoisotopic (exact) mass is 476 g/mol. The van der Waals surface area contributed by atoms with E-state index < -0.39 is 11.1 Å². The Morgan fingerprint density at radius 1 is 1.15 bits per heavy atom. The molecule has 0 spiro atoms. The van der Waals surface area contributed by atoms with Gasteiger partial charge in [0.05, 0.1) is 11.4 Å². The Kier molecular flexibility index (Phi) is 9.24. The quantitative estimate of drug-likeness (QED) is 0.0893. The van der Waals surface area contributed by atoms with Gasteiger partial charge < -0.3 is 37.3 Å². The predicted molar refractivity (Wildman–Crippen MR) is 131 cm³/mol. The van der Waals surface area contributed by atoms with Gasteiger partial charge in [-0.05, 0) is 43.2 Å². The number of urea groups is 1. The van der Waals surface area contributed by atoms with Crippen LogP contribution in [-0.4, -0.2) is 58.8 Å². The van der Waals surface area contributed by atoms with Gasteiger partial charge in [0.15, 0.2) is 17.0 Å². The molecule has 0 bridgehead atoms. The number of nitrogens with two attached hydrogens (primary N) is 2. The number of rotatable bonds is 13. The van der Waals surface area contributed by atoms with Crippen molar-refractivity contribution in [2.45, 2.75) is 25.6 Å². The van der Waals surface area contributed by atoms with Crippen molar-refractivity contribution in [2.75, 3.05) is 36.8 Å². The highest BCUT2D eigenvalue weighted by Crippen LogP contribution is 2.25. The number of carbonyl (C=O) groups excluding carboxylic acids is 1. The summed E-state index contributed by atoms with van der Waals surface area (Å²) in [5.41, 5.74) is 14.5. The van der Waals surface area contributed by atoms with Gasteiger partial charge >= 0.3 is 6.03 Å². The minimum absolute atomic E-state index is 0.111. The third kappa shape index (κ3) is 7.86. The zero-order chi connectivity index (χ0) is 23.6. The van der Waals surface area contributed by atoms with Crippen LogP contribution in [0.1, 0.15) is 18.4 Å². The number of anilines is 1. The van der Waals surface area contributed by atoms with Crippen molar-refractivity contribution < 1.29 is 13.6 Å².